The van der Waals surface area contributed by atoms with Gasteiger partial charge in [0.15, 0.2) is 11.5 Å². The van der Waals surface area contributed by atoms with E-state index >= 15 is 0 Å². The Morgan fingerprint density at radius 1 is 1.06 bits per heavy atom. The van der Waals surface area contributed by atoms with Crippen molar-refractivity contribution in [1.29, 1.82) is 0 Å². The number of hydrogen-bond acceptors (Lipinski definition) is 6. The Morgan fingerprint density at radius 2 is 1.60 bits per heavy atom. The maximum absolute atomic E-state index is 13.5. The molecule has 0 aliphatic carbocycles. The quantitative estimate of drug-likeness (QED) is 0.259. The van der Waals surface area contributed by atoms with Gasteiger partial charge in [-0.2, -0.15) is 13.2 Å². The van der Waals surface area contributed by atoms with Gasteiger partial charge in [-0.05, 0) is 17.7 Å². The number of rotatable bonds is 7. The van der Waals surface area contributed by atoms with Crippen LogP contribution >= 0.6 is 24.4 Å². The van der Waals surface area contributed by atoms with Gasteiger partial charge in [-0.3, -0.25) is 9.59 Å². The van der Waals surface area contributed by atoms with Gasteiger partial charge in [-0.1, -0.05) is 24.4 Å². The molecule has 1 amide bonds. The van der Waals surface area contributed by atoms with E-state index in [4.69, 9.17) is 5.11 Å². The smallest absolute Gasteiger partial charge is 0.481 e. The number of nitrogens with zero attached hydrogens (tertiary/aromatic N) is 1. The predicted octanol–water partition coefficient (Wildman–Crippen LogP) is 5.58. The summed E-state index contributed by atoms with van der Waals surface area (Å²) in [6.07, 6.45) is -16.9. The molecule has 35 heavy (non-hydrogen) atoms. The SMILES string of the molecule is C=C(/C(=C1\SC(S)N(CCC(=O)O)C1=O)c1ccc(OC(F)(F)F)c(OC(F)(F)F)c1)C(F)(F)F. The number of carbonyl (C=O) groups excluding carboxylic acids is 1. The highest BCUT2D eigenvalue weighted by molar-refractivity contribution is 8.14. The number of allylic oxidation sites excluding steroid dienone is 2. The van der Waals surface area contributed by atoms with Crippen LogP contribution in [0.2, 0.25) is 0 Å². The summed E-state index contributed by atoms with van der Waals surface area (Å²) in [5, 5.41) is 8.78. The van der Waals surface area contributed by atoms with Crippen LogP contribution in [0.3, 0.4) is 0 Å². The normalized spacial score (nSPS) is 18.5. The molecule has 2 rings (SSSR count). The monoisotopic (exact) mass is 557 g/mol. The van der Waals surface area contributed by atoms with Gasteiger partial charge in [0.2, 0.25) is 0 Å². The highest BCUT2D eigenvalue weighted by Gasteiger charge is 2.43. The van der Waals surface area contributed by atoms with Gasteiger partial charge in [0, 0.05) is 12.1 Å². The van der Waals surface area contributed by atoms with Gasteiger partial charge >= 0.3 is 24.9 Å². The Labute approximate surface area is 199 Å². The largest absolute Gasteiger partial charge is 0.573 e. The van der Waals surface area contributed by atoms with Gasteiger partial charge in [-0.25, -0.2) is 0 Å². The van der Waals surface area contributed by atoms with Crippen LogP contribution in [0.1, 0.15) is 12.0 Å². The third-order valence-electron chi connectivity index (χ3n) is 4.07. The van der Waals surface area contributed by atoms with E-state index in [-0.39, 0.29) is 12.1 Å². The van der Waals surface area contributed by atoms with E-state index in [0.717, 1.165) is 4.90 Å². The number of thiol groups is 1. The molecule has 6 nitrogen and oxygen atoms in total. The van der Waals surface area contributed by atoms with Crippen molar-refractivity contribution in [2.45, 2.75) is 30.0 Å². The second-order valence-electron chi connectivity index (χ2n) is 6.52. The number of benzene rings is 1. The van der Waals surface area contributed by atoms with Crippen LogP contribution in [0, 0.1) is 0 Å². The maximum Gasteiger partial charge on any atom is 0.573 e. The first-order valence-corrected chi connectivity index (χ1v) is 10.2. The van der Waals surface area contributed by atoms with Crippen LogP contribution in [0.25, 0.3) is 5.57 Å². The summed E-state index contributed by atoms with van der Waals surface area (Å²) in [6, 6.07) is 0.999. The number of alkyl halides is 9. The van der Waals surface area contributed by atoms with Crippen molar-refractivity contribution in [3.63, 3.8) is 0 Å². The topological polar surface area (TPSA) is 76.1 Å². The molecule has 0 saturated carbocycles. The first kappa shape index (κ1) is 28.5. The lowest BCUT2D eigenvalue weighted by atomic mass is 9.97. The van der Waals surface area contributed by atoms with Crippen LogP contribution < -0.4 is 9.47 Å². The minimum absolute atomic E-state index is 0.176. The Kier molecular flexibility index (Phi) is 8.26. The molecule has 1 unspecified atom stereocenters. The molecular formula is C18H12F9NO5S2. The van der Waals surface area contributed by atoms with Crippen molar-refractivity contribution in [2.75, 3.05) is 6.54 Å². The molecule has 1 aromatic carbocycles. The van der Waals surface area contributed by atoms with Gasteiger partial charge < -0.3 is 19.5 Å². The second-order valence-corrected chi connectivity index (χ2v) is 8.45. The van der Waals surface area contributed by atoms with Crippen LogP contribution in [0.4, 0.5) is 39.5 Å². The lowest BCUT2D eigenvalue weighted by Crippen LogP contribution is -2.32. The summed E-state index contributed by atoms with van der Waals surface area (Å²) in [5.74, 6) is -5.64. The molecule has 1 saturated heterocycles. The minimum atomic E-state index is -5.56. The Bertz CT molecular complexity index is 1050. The van der Waals surface area contributed by atoms with Crippen LogP contribution in [0.15, 0.2) is 35.3 Å². The summed E-state index contributed by atoms with van der Waals surface area (Å²) in [4.78, 5) is 23.6. The van der Waals surface area contributed by atoms with Crippen molar-refractivity contribution in [3.05, 3.63) is 40.8 Å². The molecule has 1 aliphatic rings. The molecule has 0 spiro atoms. The van der Waals surface area contributed by atoms with E-state index in [1.54, 1.807) is 0 Å². The fraction of sp³-hybridized carbons (Fsp3) is 0.333. The average molecular weight is 557 g/mol. The summed E-state index contributed by atoms with van der Waals surface area (Å²) in [5.41, 5.74) is -3.58. The molecule has 1 N–H and O–H groups in total. The van der Waals surface area contributed by atoms with E-state index in [2.05, 4.69) is 28.7 Å². The predicted molar refractivity (Wildman–Crippen MR) is 106 cm³/mol. The number of carbonyl (C=O) groups is 2. The Hall–Kier alpha value is -2.69. The van der Waals surface area contributed by atoms with Gasteiger partial charge in [-0.15, -0.1) is 39.0 Å². The third kappa shape index (κ3) is 7.65. The number of halogens is 9. The van der Waals surface area contributed by atoms with Gasteiger partial charge in [0.25, 0.3) is 5.91 Å². The Balaban J connectivity index is 2.70. The zero-order chi connectivity index (χ0) is 26.9. The molecule has 1 aromatic rings. The van der Waals surface area contributed by atoms with E-state index < -0.39 is 81.6 Å². The molecule has 1 heterocycles. The first-order valence-electron chi connectivity index (χ1n) is 8.84. The van der Waals surface area contributed by atoms with E-state index in [9.17, 15) is 49.1 Å². The molecule has 0 bridgehead atoms. The van der Waals surface area contributed by atoms with Gasteiger partial charge in [0.05, 0.1) is 16.9 Å². The van der Waals surface area contributed by atoms with Crippen molar-refractivity contribution in [1.82, 2.24) is 4.90 Å². The van der Waals surface area contributed by atoms with Crippen molar-refractivity contribution in [3.8, 4) is 11.5 Å². The van der Waals surface area contributed by atoms with Crippen molar-refractivity contribution in [2.24, 2.45) is 0 Å². The summed E-state index contributed by atoms with van der Waals surface area (Å²) in [7, 11) is 0. The summed E-state index contributed by atoms with van der Waals surface area (Å²) in [6.45, 7) is 2.36. The molecule has 17 heteroatoms. The van der Waals surface area contributed by atoms with Crippen molar-refractivity contribution < 1.29 is 63.7 Å². The number of aliphatic carboxylic acids is 1. The number of ether oxygens (including phenoxy) is 2. The number of thioether (sulfide) groups is 1. The van der Waals surface area contributed by atoms with Crippen LogP contribution in [-0.4, -0.2) is 52.0 Å². The molecule has 0 aromatic heterocycles. The molecule has 1 aliphatic heterocycles. The number of carboxylic acid groups (broad SMARTS) is 1. The van der Waals surface area contributed by atoms with Crippen molar-refractivity contribution >= 4 is 41.8 Å². The fourth-order valence-corrected chi connectivity index (χ4v) is 4.36. The lowest BCUT2D eigenvalue weighted by Gasteiger charge is -2.20. The number of carboxylic acids is 1. The first-order chi connectivity index (χ1) is 15.8. The maximum atomic E-state index is 13.5. The minimum Gasteiger partial charge on any atom is -0.481 e. The van der Waals surface area contributed by atoms with Crippen LogP contribution in [0.5, 0.6) is 11.5 Å². The lowest BCUT2D eigenvalue weighted by molar-refractivity contribution is -0.287. The van der Waals surface area contributed by atoms with Gasteiger partial charge in [0.1, 0.15) is 4.71 Å². The molecular weight excluding hydrogens is 545 g/mol. The number of amides is 1. The standard InChI is InChI=1S/C18H12F9NO5S2/c1-7(16(19,20)21)12(13-14(31)28(15(34)35-13)5-4-11(29)30)8-2-3-9(32-17(22,23)24)10(6-8)33-18(25,26)27/h2-3,6,15,34H,1,4-5H2,(H,29,30)/b13-12+. The summed E-state index contributed by atoms with van der Waals surface area (Å²) >= 11 is 4.41. The van der Waals surface area contributed by atoms with E-state index in [1.165, 1.54) is 0 Å². The highest BCUT2D eigenvalue weighted by Crippen LogP contribution is 2.48. The molecule has 194 valence electrons. The number of hydrogen-bond donors (Lipinski definition) is 2. The van der Waals surface area contributed by atoms with E-state index in [0.29, 0.717) is 17.8 Å². The zero-order valence-electron chi connectivity index (χ0n) is 16.7. The molecule has 1 fully saturated rings. The zero-order valence-corrected chi connectivity index (χ0v) is 18.4. The third-order valence-corrected chi connectivity index (χ3v) is 5.74. The summed E-state index contributed by atoms with van der Waals surface area (Å²) < 4.78 is 122. The fourth-order valence-electron chi connectivity index (χ4n) is 2.71. The highest BCUT2D eigenvalue weighted by atomic mass is 32.2. The Morgan fingerprint density at radius 3 is 2.09 bits per heavy atom. The molecule has 1 atom stereocenters. The van der Waals surface area contributed by atoms with Crippen LogP contribution in [-0.2, 0) is 9.59 Å². The second kappa shape index (κ2) is 10.1. The van der Waals surface area contributed by atoms with E-state index in [1.807, 2.05) is 0 Å². The molecule has 0 radical (unpaired) electrons. The average Bonchev–Trinajstić information content (AvgIpc) is 2.93.